The van der Waals surface area contributed by atoms with Gasteiger partial charge in [-0.15, -0.1) is 0 Å². The number of hydrogen-bond donors (Lipinski definition) is 1. The summed E-state index contributed by atoms with van der Waals surface area (Å²) in [5.74, 6) is -3.59. The number of anilines is 1. The van der Waals surface area contributed by atoms with Crippen LogP contribution in [-0.4, -0.2) is 26.8 Å². The Kier molecular flexibility index (Phi) is 5.47. The van der Waals surface area contributed by atoms with Crippen molar-refractivity contribution in [2.75, 3.05) is 5.32 Å². The first kappa shape index (κ1) is 21.0. The van der Waals surface area contributed by atoms with E-state index in [0.717, 1.165) is 0 Å². The molecule has 2 aromatic heterocycles. The summed E-state index contributed by atoms with van der Waals surface area (Å²) in [5.41, 5.74) is 1.38. The summed E-state index contributed by atoms with van der Waals surface area (Å²) in [4.78, 5) is 25.6. The molecule has 3 aromatic rings. The fourth-order valence-corrected chi connectivity index (χ4v) is 3.62. The molecule has 1 saturated carbocycles. The molecule has 31 heavy (non-hydrogen) atoms. The number of nitrogens with zero attached hydrogens (tertiary/aromatic N) is 3. The van der Waals surface area contributed by atoms with Gasteiger partial charge in [-0.25, -0.2) is 23.1 Å². The molecule has 5 nitrogen and oxygen atoms in total. The Labute approximate surface area is 177 Å². The highest BCUT2D eigenvalue weighted by Crippen LogP contribution is 2.50. The van der Waals surface area contributed by atoms with Crippen LogP contribution in [-0.2, 0) is 0 Å². The van der Waals surface area contributed by atoms with E-state index in [0.29, 0.717) is 17.1 Å². The quantitative estimate of drug-likeness (QED) is 0.580. The molecule has 1 N–H and O–H groups in total. The van der Waals surface area contributed by atoms with E-state index in [1.54, 1.807) is 24.3 Å². The second kappa shape index (κ2) is 8.09. The third kappa shape index (κ3) is 4.28. The number of carbonyl (C=O) groups excluding carboxylic acids is 1. The molecule has 1 aliphatic carbocycles. The minimum Gasteiger partial charge on any atom is -0.320 e. The monoisotopic (exact) mass is 426 g/mol. The smallest absolute Gasteiger partial charge is 0.258 e. The van der Waals surface area contributed by atoms with Crippen LogP contribution in [0.2, 0.25) is 0 Å². The molecule has 0 bridgehead atoms. The summed E-state index contributed by atoms with van der Waals surface area (Å²) < 4.78 is 41.6. The maximum absolute atomic E-state index is 14.5. The molecule has 8 heteroatoms. The third-order valence-electron chi connectivity index (χ3n) is 5.31. The molecule has 2 heterocycles. The molecule has 0 atom stereocenters. The van der Waals surface area contributed by atoms with Crippen molar-refractivity contribution >= 4 is 11.6 Å². The number of hydrogen-bond acceptors (Lipinski definition) is 4. The first-order valence-corrected chi connectivity index (χ1v) is 10.00. The van der Waals surface area contributed by atoms with Crippen LogP contribution in [0.15, 0.2) is 48.9 Å². The summed E-state index contributed by atoms with van der Waals surface area (Å²) in [6.45, 7) is 3.87. The van der Waals surface area contributed by atoms with Crippen molar-refractivity contribution in [3.63, 3.8) is 0 Å². The first-order chi connectivity index (χ1) is 14.7. The predicted octanol–water partition coefficient (Wildman–Crippen LogP) is 5.57. The van der Waals surface area contributed by atoms with Gasteiger partial charge in [-0.2, -0.15) is 0 Å². The normalized spacial score (nSPS) is 15.5. The van der Waals surface area contributed by atoms with E-state index in [-0.39, 0.29) is 35.6 Å². The van der Waals surface area contributed by atoms with Crippen molar-refractivity contribution in [3.05, 3.63) is 71.8 Å². The second-order valence-corrected chi connectivity index (χ2v) is 8.00. The standard InChI is InChI=1S/C23H21F3N4O/c1-13(2)21-28-11-15(12-29-21)22(31)30-20-17(16-5-3-4-6-18(16)24)7-8-27-19(20)14-9-23(25,26)10-14/h3-8,11-14H,9-10H2,1-2H3,(H,30,31). The molecule has 160 valence electrons. The van der Waals surface area contributed by atoms with Crippen molar-refractivity contribution < 1.29 is 18.0 Å². The number of amides is 1. The van der Waals surface area contributed by atoms with Crippen LogP contribution >= 0.6 is 0 Å². The Hall–Kier alpha value is -3.29. The molecule has 1 aromatic carbocycles. The van der Waals surface area contributed by atoms with Gasteiger partial charge in [-0.1, -0.05) is 32.0 Å². The number of benzene rings is 1. The van der Waals surface area contributed by atoms with E-state index in [9.17, 15) is 18.0 Å². The number of rotatable bonds is 5. The van der Waals surface area contributed by atoms with Gasteiger partial charge in [0.1, 0.15) is 11.6 Å². The molecule has 0 saturated heterocycles. The molecular formula is C23H21F3N4O. The zero-order valence-corrected chi connectivity index (χ0v) is 17.1. The van der Waals surface area contributed by atoms with Crippen molar-refractivity contribution in [2.24, 2.45) is 0 Å². The van der Waals surface area contributed by atoms with Crippen molar-refractivity contribution in [1.82, 2.24) is 15.0 Å². The molecule has 1 amide bonds. The van der Waals surface area contributed by atoms with Crippen molar-refractivity contribution in [3.8, 4) is 11.1 Å². The van der Waals surface area contributed by atoms with Gasteiger partial charge in [0.15, 0.2) is 0 Å². The van der Waals surface area contributed by atoms with E-state index in [1.165, 1.54) is 24.7 Å². The number of carbonyl (C=O) groups is 1. The van der Waals surface area contributed by atoms with E-state index in [4.69, 9.17) is 0 Å². The van der Waals surface area contributed by atoms with Gasteiger partial charge in [0.05, 0.1) is 16.9 Å². The highest BCUT2D eigenvalue weighted by atomic mass is 19.3. The van der Waals surface area contributed by atoms with Crippen molar-refractivity contribution in [1.29, 1.82) is 0 Å². The highest BCUT2D eigenvalue weighted by Gasteiger charge is 2.47. The molecule has 0 radical (unpaired) electrons. The average molecular weight is 426 g/mol. The van der Waals surface area contributed by atoms with Crippen LogP contribution < -0.4 is 5.32 Å². The molecule has 1 fully saturated rings. The summed E-state index contributed by atoms with van der Waals surface area (Å²) >= 11 is 0. The van der Waals surface area contributed by atoms with Crippen LogP contribution in [0.5, 0.6) is 0 Å². The zero-order valence-electron chi connectivity index (χ0n) is 17.1. The van der Waals surface area contributed by atoms with Gasteiger partial charge in [-0.05, 0) is 12.1 Å². The summed E-state index contributed by atoms with van der Waals surface area (Å²) in [6, 6.07) is 7.66. The number of nitrogens with one attached hydrogen (secondary N) is 1. The van der Waals surface area contributed by atoms with Gasteiger partial charge in [0.25, 0.3) is 5.91 Å². The van der Waals surface area contributed by atoms with E-state index in [1.807, 2.05) is 13.8 Å². The van der Waals surface area contributed by atoms with E-state index in [2.05, 4.69) is 20.3 Å². The van der Waals surface area contributed by atoms with Gasteiger partial charge in [0.2, 0.25) is 5.92 Å². The minimum atomic E-state index is -2.76. The van der Waals surface area contributed by atoms with E-state index >= 15 is 0 Å². The topological polar surface area (TPSA) is 67.8 Å². The Morgan fingerprint density at radius 3 is 2.35 bits per heavy atom. The number of alkyl halides is 2. The number of halogens is 3. The lowest BCUT2D eigenvalue weighted by Crippen LogP contribution is -2.34. The second-order valence-electron chi connectivity index (χ2n) is 8.00. The number of pyridine rings is 1. The minimum absolute atomic E-state index is 0.106. The maximum atomic E-state index is 14.5. The molecule has 0 spiro atoms. The molecule has 4 rings (SSSR count). The van der Waals surface area contributed by atoms with Gasteiger partial charge < -0.3 is 5.32 Å². The first-order valence-electron chi connectivity index (χ1n) is 10.00. The largest absolute Gasteiger partial charge is 0.320 e. The Balaban J connectivity index is 1.73. The lowest BCUT2D eigenvalue weighted by molar-refractivity contribution is -0.0874. The zero-order chi connectivity index (χ0) is 22.2. The SMILES string of the molecule is CC(C)c1ncc(C(=O)Nc2c(-c3ccccc3F)ccnc2C2CC(F)(F)C2)cn1. The molecule has 0 aliphatic heterocycles. The summed E-state index contributed by atoms with van der Waals surface area (Å²) in [7, 11) is 0. The molecule has 1 aliphatic rings. The molecule has 0 unspecified atom stereocenters. The fourth-order valence-electron chi connectivity index (χ4n) is 3.62. The fraction of sp³-hybridized carbons (Fsp3) is 0.304. The highest BCUT2D eigenvalue weighted by molar-refractivity contribution is 6.06. The van der Waals surface area contributed by atoms with E-state index < -0.39 is 23.6 Å². The van der Waals surface area contributed by atoms with Crippen LogP contribution in [0, 0.1) is 5.82 Å². The predicted molar refractivity (Wildman–Crippen MR) is 111 cm³/mol. The average Bonchev–Trinajstić information content (AvgIpc) is 2.72. The lowest BCUT2D eigenvalue weighted by Gasteiger charge is -2.35. The summed E-state index contributed by atoms with van der Waals surface area (Å²) in [6.07, 6.45) is 3.54. The Morgan fingerprint density at radius 2 is 1.74 bits per heavy atom. The summed E-state index contributed by atoms with van der Waals surface area (Å²) in [5, 5.41) is 2.75. The Morgan fingerprint density at radius 1 is 1.06 bits per heavy atom. The van der Waals surface area contributed by atoms with Gasteiger partial charge >= 0.3 is 0 Å². The van der Waals surface area contributed by atoms with Crippen LogP contribution in [0.25, 0.3) is 11.1 Å². The van der Waals surface area contributed by atoms with Crippen molar-refractivity contribution in [2.45, 2.75) is 44.4 Å². The van der Waals surface area contributed by atoms with Gasteiger partial charge in [0, 0.05) is 54.4 Å². The van der Waals surface area contributed by atoms with Crippen LogP contribution in [0.1, 0.15) is 60.4 Å². The number of aromatic nitrogens is 3. The van der Waals surface area contributed by atoms with Crippen LogP contribution in [0.3, 0.4) is 0 Å². The van der Waals surface area contributed by atoms with Crippen LogP contribution in [0.4, 0.5) is 18.9 Å². The maximum Gasteiger partial charge on any atom is 0.258 e. The lowest BCUT2D eigenvalue weighted by atomic mass is 9.77. The third-order valence-corrected chi connectivity index (χ3v) is 5.31. The van der Waals surface area contributed by atoms with Gasteiger partial charge in [-0.3, -0.25) is 9.78 Å². The molecular weight excluding hydrogens is 405 g/mol. The Bertz CT molecular complexity index is 1110.